The van der Waals surface area contributed by atoms with Crippen LogP contribution < -0.4 is 4.90 Å². The molecule has 8 aromatic carbocycles. The van der Waals surface area contributed by atoms with E-state index in [4.69, 9.17) is 4.42 Å². The van der Waals surface area contributed by atoms with Gasteiger partial charge in [-0.3, -0.25) is 0 Å². The normalized spacial score (nSPS) is 12.0. The fourth-order valence-electron chi connectivity index (χ4n) is 7.92. The lowest BCUT2D eigenvalue weighted by molar-refractivity contribution is 0.669. The molecule has 0 radical (unpaired) electrons. The van der Waals surface area contributed by atoms with E-state index in [1.165, 1.54) is 52.8 Å². The van der Waals surface area contributed by atoms with Gasteiger partial charge in [0.25, 0.3) is 0 Å². The average molecular weight is 657 g/mol. The number of aromatic nitrogens is 1. The molecule has 0 fully saturated rings. The van der Waals surface area contributed by atoms with Crippen molar-refractivity contribution in [3.05, 3.63) is 170 Å². The second kappa shape index (κ2) is 10.6. The fraction of sp³-hybridized carbons (Fsp3) is 0. The van der Waals surface area contributed by atoms with Gasteiger partial charge in [0.1, 0.15) is 11.2 Å². The minimum Gasteiger partial charge on any atom is -0.456 e. The number of thiophene rings is 1. The molecule has 4 heteroatoms. The number of hydrogen-bond donors (Lipinski definition) is 0. The summed E-state index contributed by atoms with van der Waals surface area (Å²) >= 11 is 1.86. The molecule has 0 aliphatic rings. The fourth-order valence-corrected chi connectivity index (χ4v) is 9.06. The van der Waals surface area contributed by atoms with Crippen molar-refractivity contribution in [2.75, 3.05) is 4.90 Å². The average Bonchev–Trinajstić information content (AvgIpc) is 3.84. The minimum absolute atomic E-state index is 0.914. The molecule has 0 N–H and O–H groups in total. The highest BCUT2D eigenvalue weighted by atomic mass is 32.1. The molecule has 3 heterocycles. The first-order valence-corrected chi connectivity index (χ1v) is 17.7. The maximum absolute atomic E-state index is 6.30. The lowest BCUT2D eigenvalue weighted by atomic mass is 10.0. The van der Waals surface area contributed by atoms with Crippen LogP contribution in [-0.4, -0.2) is 4.57 Å². The molecule has 3 nitrogen and oxygen atoms in total. The van der Waals surface area contributed by atoms with Crippen molar-refractivity contribution in [1.29, 1.82) is 0 Å². The summed E-state index contributed by atoms with van der Waals surface area (Å²) in [6.07, 6.45) is 0. The third-order valence-corrected chi connectivity index (χ3v) is 11.3. The van der Waals surface area contributed by atoms with Gasteiger partial charge in [-0.2, -0.15) is 0 Å². The second-order valence-corrected chi connectivity index (χ2v) is 14.0. The Kier molecular flexibility index (Phi) is 5.83. The summed E-state index contributed by atoms with van der Waals surface area (Å²) in [6.45, 7) is 0. The summed E-state index contributed by atoms with van der Waals surface area (Å²) in [7, 11) is 0. The van der Waals surface area contributed by atoms with Crippen LogP contribution in [0.1, 0.15) is 0 Å². The highest BCUT2D eigenvalue weighted by molar-refractivity contribution is 7.25. The first-order valence-electron chi connectivity index (χ1n) is 16.9. The molecule has 0 saturated carbocycles. The van der Waals surface area contributed by atoms with E-state index in [-0.39, 0.29) is 0 Å². The van der Waals surface area contributed by atoms with Crippen LogP contribution in [0.4, 0.5) is 17.1 Å². The van der Waals surface area contributed by atoms with Crippen LogP contribution in [0.3, 0.4) is 0 Å². The first-order chi connectivity index (χ1) is 24.8. The van der Waals surface area contributed by atoms with Gasteiger partial charge in [-0.05, 0) is 95.7 Å². The number of para-hydroxylation sites is 3. The van der Waals surface area contributed by atoms with Crippen LogP contribution in [0.25, 0.3) is 80.4 Å². The smallest absolute Gasteiger partial charge is 0.136 e. The molecule has 0 saturated heterocycles. The Morgan fingerprint density at radius 3 is 2.00 bits per heavy atom. The highest BCUT2D eigenvalue weighted by Gasteiger charge is 2.20. The van der Waals surface area contributed by atoms with E-state index in [0.717, 1.165) is 44.7 Å². The van der Waals surface area contributed by atoms with Crippen molar-refractivity contribution in [1.82, 2.24) is 4.57 Å². The second-order valence-electron chi connectivity index (χ2n) is 12.9. The van der Waals surface area contributed by atoms with Gasteiger partial charge in [-0.15, -0.1) is 11.3 Å². The number of nitrogens with zero attached hydrogens (tertiary/aromatic N) is 2. The molecule has 0 aliphatic carbocycles. The molecule has 0 spiro atoms. The number of anilines is 3. The minimum atomic E-state index is 0.914. The van der Waals surface area contributed by atoms with E-state index in [9.17, 15) is 0 Å². The molecule has 11 rings (SSSR count). The largest absolute Gasteiger partial charge is 0.456 e. The summed E-state index contributed by atoms with van der Waals surface area (Å²) in [5.74, 6) is 0. The molecule has 234 valence electrons. The van der Waals surface area contributed by atoms with Crippen LogP contribution in [0.15, 0.2) is 174 Å². The van der Waals surface area contributed by atoms with Gasteiger partial charge in [0.2, 0.25) is 0 Å². The lowest BCUT2D eigenvalue weighted by Crippen LogP contribution is -2.09. The molecule has 0 amide bonds. The predicted octanol–water partition coefficient (Wildman–Crippen LogP) is 13.7. The van der Waals surface area contributed by atoms with E-state index in [1.807, 2.05) is 17.4 Å². The topological polar surface area (TPSA) is 21.3 Å². The number of fused-ring (bicyclic) bond motifs is 11. The van der Waals surface area contributed by atoms with Crippen LogP contribution >= 0.6 is 11.3 Å². The molecule has 0 bridgehead atoms. The third kappa shape index (κ3) is 4.03. The molecule has 0 atom stereocenters. The molecule has 50 heavy (non-hydrogen) atoms. The van der Waals surface area contributed by atoms with Gasteiger partial charge in [0.15, 0.2) is 0 Å². The summed E-state index contributed by atoms with van der Waals surface area (Å²) in [6, 6.07) is 61.3. The Labute approximate surface area is 291 Å². The van der Waals surface area contributed by atoms with Crippen molar-refractivity contribution < 1.29 is 4.42 Å². The van der Waals surface area contributed by atoms with Gasteiger partial charge >= 0.3 is 0 Å². The van der Waals surface area contributed by atoms with Crippen molar-refractivity contribution in [3.63, 3.8) is 0 Å². The van der Waals surface area contributed by atoms with Gasteiger partial charge in [0.05, 0.1) is 11.0 Å². The zero-order valence-electron chi connectivity index (χ0n) is 26.9. The van der Waals surface area contributed by atoms with Crippen molar-refractivity contribution in [2.24, 2.45) is 0 Å². The standard InChI is InChI=1S/C46H28N2OS/c1-3-11-30(12-4-1)47(33-20-22-35-34-15-8-10-18-44(34)50-45(35)27-33)32-21-23-40-39(26-32)38-25-29-19-24-43-46(36-16-7-9-17-42(36)49-43)37(29)28-41(38)48(40)31-13-5-2-6-14-31/h1-28H. The van der Waals surface area contributed by atoms with Crippen LogP contribution in [0.5, 0.6) is 0 Å². The Morgan fingerprint density at radius 1 is 0.420 bits per heavy atom. The number of hydrogen-bond acceptors (Lipinski definition) is 3. The van der Waals surface area contributed by atoms with E-state index >= 15 is 0 Å². The zero-order valence-corrected chi connectivity index (χ0v) is 27.7. The molecular weight excluding hydrogens is 629 g/mol. The molecule has 11 aromatic rings. The Balaban J connectivity index is 1.19. The maximum atomic E-state index is 6.30. The van der Waals surface area contributed by atoms with Crippen molar-refractivity contribution in [2.45, 2.75) is 0 Å². The third-order valence-electron chi connectivity index (χ3n) is 10.1. The van der Waals surface area contributed by atoms with E-state index in [2.05, 4.69) is 173 Å². The summed E-state index contributed by atoms with van der Waals surface area (Å²) in [4.78, 5) is 2.39. The van der Waals surface area contributed by atoms with Crippen molar-refractivity contribution in [3.8, 4) is 5.69 Å². The van der Waals surface area contributed by atoms with Crippen molar-refractivity contribution >= 4 is 103 Å². The van der Waals surface area contributed by atoms with E-state index in [1.54, 1.807) is 0 Å². The number of furan rings is 1. The van der Waals surface area contributed by atoms with Crippen LogP contribution in [-0.2, 0) is 0 Å². The molecular formula is C46H28N2OS. The summed E-state index contributed by atoms with van der Waals surface area (Å²) < 4.78 is 11.3. The lowest BCUT2D eigenvalue weighted by Gasteiger charge is -2.25. The zero-order chi connectivity index (χ0) is 32.8. The Hall–Kier alpha value is -6.36. The van der Waals surface area contributed by atoms with Gasteiger partial charge in [-0.25, -0.2) is 0 Å². The monoisotopic (exact) mass is 656 g/mol. The van der Waals surface area contributed by atoms with Crippen LogP contribution in [0.2, 0.25) is 0 Å². The van der Waals surface area contributed by atoms with Gasteiger partial charge < -0.3 is 13.9 Å². The Bertz CT molecular complexity index is 3100. The quantitative estimate of drug-likeness (QED) is 0.188. The number of rotatable bonds is 4. The maximum Gasteiger partial charge on any atom is 0.136 e. The molecule has 3 aromatic heterocycles. The van der Waals surface area contributed by atoms with Gasteiger partial charge in [-0.1, -0.05) is 84.9 Å². The summed E-state index contributed by atoms with van der Waals surface area (Å²) in [5, 5.41) is 9.75. The number of benzene rings is 8. The molecule has 0 unspecified atom stereocenters. The highest BCUT2D eigenvalue weighted by Crippen LogP contribution is 2.44. The summed E-state index contributed by atoms with van der Waals surface area (Å²) in [5.41, 5.74) is 8.69. The molecule has 0 aliphatic heterocycles. The SMILES string of the molecule is c1ccc(N(c2ccc3c(c2)sc2ccccc23)c2ccc3c(c2)c2cc4ccc5oc6ccccc6c5c4cc2n3-c2ccccc2)cc1. The van der Waals surface area contributed by atoms with Crippen LogP contribution in [0, 0.1) is 0 Å². The Morgan fingerprint density at radius 2 is 1.12 bits per heavy atom. The first kappa shape index (κ1) is 27.6. The predicted molar refractivity (Wildman–Crippen MR) is 213 cm³/mol. The van der Waals surface area contributed by atoms with E-state index in [0.29, 0.717) is 0 Å². The van der Waals surface area contributed by atoms with Gasteiger partial charge in [0, 0.05) is 64.5 Å². The van der Waals surface area contributed by atoms with E-state index < -0.39 is 0 Å².